The fourth-order valence-electron chi connectivity index (χ4n) is 3.24. The van der Waals surface area contributed by atoms with E-state index in [4.69, 9.17) is 20.3 Å². The third-order valence-corrected chi connectivity index (χ3v) is 5.04. The minimum Gasteiger partial charge on any atom is -0.477 e. The first-order valence-corrected chi connectivity index (χ1v) is 13.2. The standard InChI is InChI=1S/C22H39N3O3.C2H6.CH3Cl/c1-3-5-7-9-10-14-20(26)28-18-25-15-12-13-19(17-25)21(23)22(24)27-16-11-8-6-4-2;2*1-2/h13,23-24H,3-12,14-18H2,1-2H3;1-2H3;1H3/p+1. The number of halogens is 1. The number of hydrogen-bond acceptors (Lipinski definition) is 5. The Hall–Kier alpha value is -1.40. The summed E-state index contributed by atoms with van der Waals surface area (Å²) in [6.45, 7) is 10.7. The number of quaternary nitrogens is 1. The van der Waals surface area contributed by atoms with Gasteiger partial charge in [0, 0.05) is 24.8 Å². The van der Waals surface area contributed by atoms with Crippen LogP contribution >= 0.6 is 11.6 Å². The molecule has 0 radical (unpaired) electrons. The van der Waals surface area contributed by atoms with E-state index in [0.29, 0.717) is 26.3 Å². The maximum atomic E-state index is 11.9. The smallest absolute Gasteiger partial charge is 0.310 e. The minimum absolute atomic E-state index is 0.0481. The Morgan fingerprint density at radius 2 is 1.56 bits per heavy atom. The van der Waals surface area contributed by atoms with Gasteiger partial charge >= 0.3 is 5.97 Å². The summed E-state index contributed by atoms with van der Waals surface area (Å²) in [6, 6.07) is 0. The molecule has 1 rings (SSSR count). The van der Waals surface area contributed by atoms with E-state index in [1.807, 2.05) is 19.9 Å². The molecule has 0 spiro atoms. The zero-order chi connectivity index (χ0) is 24.6. The summed E-state index contributed by atoms with van der Waals surface area (Å²) in [7, 11) is 0. The number of carbonyl (C=O) groups excluding carboxylic acids is 1. The van der Waals surface area contributed by atoms with Gasteiger partial charge in [-0.25, -0.2) is 0 Å². The first kappa shape index (κ1) is 32.8. The zero-order valence-electron chi connectivity index (χ0n) is 21.3. The molecule has 0 saturated carbocycles. The van der Waals surface area contributed by atoms with Crippen molar-refractivity contribution in [3.05, 3.63) is 11.6 Å². The molecule has 0 bridgehead atoms. The van der Waals surface area contributed by atoms with Crippen molar-refractivity contribution in [2.45, 2.75) is 98.3 Å². The Morgan fingerprint density at radius 3 is 2.19 bits per heavy atom. The van der Waals surface area contributed by atoms with Crippen LogP contribution in [0.1, 0.15) is 98.3 Å². The third kappa shape index (κ3) is 17.2. The normalized spacial score (nSPS) is 14.7. The molecular formula is C25H49ClN3O3+. The molecule has 0 aromatic rings. The van der Waals surface area contributed by atoms with Crippen molar-refractivity contribution in [1.82, 2.24) is 0 Å². The van der Waals surface area contributed by atoms with Crippen molar-refractivity contribution in [2.24, 2.45) is 0 Å². The Balaban J connectivity index is 0. The average molecular weight is 475 g/mol. The van der Waals surface area contributed by atoms with E-state index in [2.05, 4.69) is 25.4 Å². The molecule has 0 saturated heterocycles. The average Bonchev–Trinajstić information content (AvgIpc) is 2.84. The third-order valence-electron chi connectivity index (χ3n) is 5.04. The van der Waals surface area contributed by atoms with E-state index in [9.17, 15) is 4.79 Å². The second-order valence-electron chi connectivity index (χ2n) is 7.63. The van der Waals surface area contributed by atoms with Gasteiger partial charge in [0.2, 0.25) is 12.6 Å². The van der Waals surface area contributed by atoms with Crippen LogP contribution in [-0.4, -0.2) is 50.4 Å². The molecule has 1 unspecified atom stereocenters. The highest BCUT2D eigenvalue weighted by Crippen LogP contribution is 2.06. The van der Waals surface area contributed by atoms with Gasteiger partial charge in [0.05, 0.1) is 13.2 Å². The highest BCUT2D eigenvalue weighted by Gasteiger charge is 2.22. The second-order valence-corrected chi connectivity index (χ2v) is 7.63. The fourth-order valence-corrected chi connectivity index (χ4v) is 3.24. The summed E-state index contributed by atoms with van der Waals surface area (Å²) >= 11 is 4.64. The summed E-state index contributed by atoms with van der Waals surface area (Å²) in [5, 5.41) is 16.2. The van der Waals surface area contributed by atoms with E-state index in [1.54, 1.807) is 0 Å². The summed E-state index contributed by atoms with van der Waals surface area (Å²) in [5.74, 6) is -0.175. The largest absolute Gasteiger partial charge is 0.477 e. The fraction of sp³-hybridized carbons (Fsp3) is 0.800. The lowest BCUT2D eigenvalue weighted by Gasteiger charge is -2.24. The molecule has 0 amide bonds. The number of unbranched alkanes of at least 4 members (excludes halogenated alkanes) is 7. The summed E-state index contributed by atoms with van der Waals surface area (Å²) < 4.78 is 10.9. The summed E-state index contributed by atoms with van der Waals surface area (Å²) in [5.41, 5.74) is 0.977. The number of hydrogen-bond donors (Lipinski definition) is 3. The van der Waals surface area contributed by atoms with Crippen LogP contribution in [0.25, 0.3) is 0 Å². The van der Waals surface area contributed by atoms with Gasteiger partial charge in [-0.05, 0) is 12.8 Å². The van der Waals surface area contributed by atoms with Gasteiger partial charge in [0.25, 0.3) is 0 Å². The summed E-state index contributed by atoms with van der Waals surface area (Å²) in [6.07, 6.45) is 14.8. The number of esters is 1. The predicted molar refractivity (Wildman–Crippen MR) is 136 cm³/mol. The predicted octanol–water partition coefficient (Wildman–Crippen LogP) is 5.54. The Bertz CT molecular complexity index is 525. The summed E-state index contributed by atoms with van der Waals surface area (Å²) in [4.78, 5) is 13.0. The van der Waals surface area contributed by atoms with Crippen LogP contribution in [-0.2, 0) is 14.3 Å². The number of carbonyl (C=O) groups is 1. The molecule has 6 nitrogen and oxygen atoms in total. The second kappa shape index (κ2) is 24.2. The molecule has 0 aliphatic carbocycles. The molecule has 1 heterocycles. The van der Waals surface area contributed by atoms with Gasteiger partial charge in [0.1, 0.15) is 12.3 Å². The molecule has 188 valence electrons. The van der Waals surface area contributed by atoms with Crippen LogP contribution in [0.15, 0.2) is 11.6 Å². The van der Waals surface area contributed by atoms with Crippen molar-refractivity contribution >= 4 is 29.2 Å². The molecule has 1 aliphatic rings. The Kier molecular flexibility index (Phi) is 24.8. The molecule has 32 heavy (non-hydrogen) atoms. The maximum absolute atomic E-state index is 11.9. The van der Waals surface area contributed by atoms with Gasteiger partial charge in [-0.2, -0.15) is 0 Å². The quantitative estimate of drug-likeness (QED) is 0.0957. The van der Waals surface area contributed by atoms with Gasteiger partial charge in [-0.1, -0.05) is 78.7 Å². The van der Waals surface area contributed by atoms with Crippen LogP contribution in [0.2, 0.25) is 0 Å². The van der Waals surface area contributed by atoms with Gasteiger partial charge < -0.3 is 9.47 Å². The van der Waals surface area contributed by atoms with Gasteiger partial charge in [0.15, 0.2) is 0 Å². The van der Waals surface area contributed by atoms with E-state index in [0.717, 1.165) is 49.1 Å². The first-order chi connectivity index (χ1) is 15.6. The van der Waals surface area contributed by atoms with Crippen molar-refractivity contribution in [1.29, 1.82) is 10.8 Å². The van der Waals surface area contributed by atoms with Crippen LogP contribution in [0.4, 0.5) is 0 Å². The SMILES string of the molecule is CC.CCCCCCCC(=O)OC[NH+]1CCC=C(C(=N)C(=N)OCCCCCC)C1.CCl. The molecule has 7 heteroatoms. The Morgan fingerprint density at radius 1 is 0.969 bits per heavy atom. The molecule has 0 aromatic carbocycles. The Labute approximate surface area is 202 Å². The molecule has 3 N–H and O–H groups in total. The number of ether oxygens (including phenoxy) is 2. The molecule has 1 aliphatic heterocycles. The topological polar surface area (TPSA) is 87.7 Å². The number of rotatable bonds is 15. The van der Waals surface area contributed by atoms with Crippen LogP contribution in [0.3, 0.4) is 0 Å². The van der Waals surface area contributed by atoms with Crippen molar-refractivity contribution in [3.63, 3.8) is 0 Å². The van der Waals surface area contributed by atoms with Gasteiger partial charge in [-0.15, -0.1) is 11.6 Å². The molecule has 1 atom stereocenters. The van der Waals surface area contributed by atoms with Crippen LogP contribution in [0, 0.1) is 10.8 Å². The highest BCUT2D eigenvalue weighted by molar-refractivity contribution is 6.43. The van der Waals surface area contributed by atoms with E-state index < -0.39 is 0 Å². The van der Waals surface area contributed by atoms with E-state index >= 15 is 0 Å². The molecule has 0 aromatic heterocycles. The maximum Gasteiger partial charge on any atom is 0.310 e. The first-order valence-electron chi connectivity index (χ1n) is 12.4. The lowest BCUT2D eigenvalue weighted by molar-refractivity contribution is -0.913. The lowest BCUT2D eigenvalue weighted by Crippen LogP contribution is -3.13. The van der Waals surface area contributed by atoms with Crippen LogP contribution in [0.5, 0.6) is 0 Å². The van der Waals surface area contributed by atoms with Crippen molar-refractivity contribution < 1.29 is 19.2 Å². The van der Waals surface area contributed by atoms with E-state index in [1.165, 1.54) is 38.5 Å². The van der Waals surface area contributed by atoms with Crippen LogP contribution < -0.4 is 4.90 Å². The van der Waals surface area contributed by atoms with E-state index in [-0.39, 0.29) is 17.6 Å². The number of alkyl halides is 1. The molecule has 0 fully saturated rings. The zero-order valence-corrected chi connectivity index (χ0v) is 22.0. The highest BCUT2D eigenvalue weighted by atomic mass is 35.5. The molecular weight excluding hydrogens is 426 g/mol. The van der Waals surface area contributed by atoms with Gasteiger partial charge in [-0.3, -0.25) is 20.5 Å². The minimum atomic E-state index is -0.127. The monoisotopic (exact) mass is 474 g/mol. The van der Waals surface area contributed by atoms with Crippen molar-refractivity contribution in [3.8, 4) is 0 Å². The number of nitrogens with one attached hydrogen (secondary N) is 3. The van der Waals surface area contributed by atoms with Crippen molar-refractivity contribution in [2.75, 3.05) is 32.8 Å². The lowest BCUT2D eigenvalue weighted by atomic mass is 10.1.